The number of hydrogen-bond donors (Lipinski definition) is 0. The van der Waals surface area contributed by atoms with Crippen LogP contribution in [0.25, 0.3) is 10.4 Å². The van der Waals surface area contributed by atoms with Gasteiger partial charge in [-0.05, 0) is 23.9 Å². The lowest BCUT2D eigenvalue weighted by molar-refractivity contribution is -0.0604. The second kappa shape index (κ2) is 7.60. The molecule has 0 radical (unpaired) electrons. The molecule has 0 spiro atoms. The topological polar surface area (TPSA) is 101 Å². The van der Waals surface area contributed by atoms with Crippen LogP contribution in [-0.4, -0.2) is 32.9 Å². The highest BCUT2D eigenvalue weighted by Gasteiger charge is 2.37. The summed E-state index contributed by atoms with van der Waals surface area (Å²) in [4.78, 5) is 2.79. The number of ether oxygens (including phenoxy) is 1. The Kier molecular flexibility index (Phi) is 5.79. The summed E-state index contributed by atoms with van der Waals surface area (Å²) in [5.74, 6) is 0. The van der Waals surface area contributed by atoms with E-state index in [0.717, 1.165) is 18.2 Å². The third-order valence-corrected chi connectivity index (χ3v) is 4.10. The molecule has 0 aliphatic heterocycles. The Bertz CT molecular complexity index is 629. The molecule has 3 atom stereocenters. The third-order valence-electron chi connectivity index (χ3n) is 3.53. The van der Waals surface area contributed by atoms with Crippen LogP contribution in [0.2, 0.25) is 0 Å². The Balaban J connectivity index is 2.09. The van der Waals surface area contributed by atoms with Gasteiger partial charge in [0.05, 0.1) is 25.0 Å². The molecular weight excluding hydrogens is 306 g/mol. The average molecular weight is 325 g/mol. The van der Waals surface area contributed by atoms with Crippen LogP contribution in [0, 0.1) is 0 Å². The molecule has 0 heterocycles. The van der Waals surface area contributed by atoms with Crippen LogP contribution in [0.4, 0.5) is 0 Å². The normalized spacial score (nSPS) is 25.4. The molecule has 1 aliphatic carbocycles. The van der Waals surface area contributed by atoms with Crippen molar-refractivity contribution in [2.75, 3.05) is 6.26 Å². The van der Waals surface area contributed by atoms with Gasteiger partial charge in [0.1, 0.15) is 6.10 Å². The highest BCUT2D eigenvalue weighted by Crippen LogP contribution is 2.28. The van der Waals surface area contributed by atoms with Gasteiger partial charge in [-0.1, -0.05) is 41.9 Å². The number of hydrogen-bond acceptors (Lipinski definition) is 5. The molecule has 1 saturated carbocycles. The second-order valence-corrected chi connectivity index (χ2v) is 6.90. The zero-order valence-corrected chi connectivity index (χ0v) is 13.1. The van der Waals surface area contributed by atoms with Crippen LogP contribution in [0.15, 0.2) is 35.4 Å². The third kappa shape index (κ3) is 4.99. The van der Waals surface area contributed by atoms with E-state index in [0.29, 0.717) is 19.4 Å². The summed E-state index contributed by atoms with van der Waals surface area (Å²) in [6, 6.07) is 9.06. The van der Waals surface area contributed by atoms with Gasteiger partial charge >= 0.3 is 0 Å². The van der Waals surface area contributed by atoms with Crippen LogP contribution in [0.3, 0.4) is 0 Å². The van der Waals surface area contributed by atoms with Crippen molar-refractivity contribution in [1.82, 2.24) is 0 Å². The van der Waals surface area contributed by atoms with Crippen molar-refractivity contribution in [2.45, 2.75) is 44.1 Å². The summed E-state index contributed by atoms with van der Waals surface area (Å²) in [6.45, 7) is 0.359. The van der Waals surface area contributed by atoms with Crippen molar-refractivity contribution in [3.63, 3.8) is 0 Å². The van der Waals surface area contributed by atoms with Gasteiger partial charge < -0.3 is 4.74 Å². The van der Waals surface area contributed by atoms with Crippen molar-refractivity contribution in [3.05, 3.63) is 46.3 Å². The molecule has 0 saturated heterocycles. The first kappa shape index (κ1) is 16.8. The Morgan fingerprint density at radius 1 is 1.32 bits per heavy atom. The van der Waals surface area contributed by atoms with Crippen molar-refractivity contribution in [3.8, 4) is 0 Å². The van der Waals surface area contributed by atoms with E-state index in [4.69, 9.17) is 14.5 Å². The fourth-order valence-corrected chi connectivity index (χ4v) is 3.23. The van der Waals surface area contributed by atoms with Gasteiger partial charge in [0.15, 0.2) is 0 Å². The first-order chi connectivity index (χ1) is 10.5. The summed E-state index contributed by atoms with van der Waals surface area (Å²) in [7, 11) is -3.65. The largest absolute Gasteiger partial charge is 0.371 e. The lowest BCUT2D eigenvalue weighted by Gasteiger charge is -2.34. The molecule has 0 amide bonds. The predicted molar refractivity (Wildman–Crippen MR) is 81.5 cm³/mol. The van der Waals surface area contributed by atoms with Crippen LogP contribution in [0.5, 0.6) is 0 Å². The predicted octanol–water partition coefficient (Wildman–Crippen LogP) is 2.78. The average Bonchev–Trinajstić information content (AvgIpc) is 2.47. The number of benzene rings is 1. The van der Waals surface area contributed by atoms with Gasteiger partial charge in [-0.2, -0.15) is 8.42 Å². The Morgan fingerprint density at radius 3 is 2.68 bits per heavy atom. The monoisotopic (exact) mass is 325 g/mol. The molecule has 1 fully saturated rings. The number of nitrogens with zero attached hydrogens (tertiary/aromatic N) is 3. The van der Waals surface area contributed by atoms with E-state index in [1.165, 1.54) is 0 Å². The van der Waals surface area contributed by atoms with Crippen molar-refractivity contribution < 1.29 is 17.3 Å². The molecule has 8 heteroatoms. The fourth-order valence-electron chi connectivity index (χ4n) is 2.58. The lowest BCUT2D eigenvalue weighted by Crippen LogP contribution is -2.44. The Hall–Kier alpha value is -1.60. The molecular formula is C14H19N3O4S. The molecule has 7 nitrogen and oxygen atoms in total. The van der Waals surface area contributed by atoms with E-state index in [9.17, 15) is 8.42 Å². The van der Waals surface area contributed by atoms with E-state index < -0.39 is 28.4 Å². The zero-order chi connectivity index (χ0) is 16.0. The van der Waals surface area contributed by atoms with E-state index in [-0.39, 0.29) is 0 Å². The van der Waals surface area contributed by atoms with Gasteiger partial charge in [0, 0.05) is 4.91 Å². The molecule has 1 aromatic carbocycles. The second-order valence-electron chi connectivity index (χ2n) is 5.30. The van der Waals surface area contributed by atoms with Crippen LogP contribution in [0.1, 0.15) is 24.8 Å². The highest BCUT2D eigenvalue weighted by atomic mass is 32.2. The van der Waals surface area contributed by atoms with Crippen LogP contribution >= 0.6 is 0 Å². The molecule has 0 unspecified atom stereocenters. The maximum absolute atomic E-state index is 11.5. The van der Waals surface area contributed by atoms with Crippen molar-refractivity contribution >= 4 is 10.1 Å². The lowest BCUT2D eigenvalue weighted by atomic mass is 9.90. The first-order valence-electron chi connectivity index (χ1n) is 7.07. The maximum Gasteiger partial charge on any atom is 0.264 e. The summed E-state index contributed by atoms with van der Waals surface area (Å²) in [6.07, 6.45) is 1.86. The zero-order valence-electron chi connectivity index (χ0n) is 12.3. The van der Waals surface area contributed by atoms with Gasteiger partial charge in [-0.25, -0.2) is 0 Å². The summed E-state index contributed by atoms with van der Waals surface area (Å²) < 4.78 is 33.9. The van der Waals surface area contributed by atoms with Gasteiger partial charge in [-0.3, -0.25) is 4.18 Å². The summed E-state index contributed by atoms with van der Waals surface area (Å²) in [5, 5.41) is 3.67. The molecule has 22 heavy (non-hydrogen) atoms. The standard InChI is InChI=1S/C14H19N3O4S/c1-22(18,19)21-14-12(16-17-15)8-5-9-13(14)20-10-11-6-3-2-4-7-11/h2-4,6-7,12-14H,5,8-10H2,1H3/t12-,13+,14+/m1/s1. The van der Waals surface area contributed by atoms with Crippen LogP contribution < -0.4 is 0 Å². The molecule has 1 aliphatic rings. The quantitative estimate of drug-likeness (QED) is 0.347. The van der Waals surface area contributed by atoms with Crippen LogP contribution in [-0.2, 0) is 25.6 Å². The van der Waals surface area contributed by atoms with E-state index in [1.807, 2.05) is 30.3 Å². The smallest absolute Gasteiger partial charge is 0.264 e. The van der Waals surface area contributed by atoms with Crippen molar-refractivity contribution in [2.24, 2.45) is 5.11 Å². The number of azide groups is 1. The SMILES string of the molecule is CS(=O)(=O)O[C@@H]1[C@@H](OCc2ccccc2)CCC[C@H]1N=[N+]=[N-]. The van der Waals surface area contributed by atoms with E-state index in [1.54, 1.807) is 0 Å². The van der Waals surface area contributed by atoms with E-state index in [2.05, 4.69) is 10.0 Å². The van der Waals surface area contributed by atoms with E-state index >= 15 is 0 Å². The summed E-state index contributed by atoms with van der Waals surface area (Å²) in [5.41, 5.74) is 9.63. The fraction of sp³-hybridized carbons (Fsp3) is 0.571. The minimum atomic E-state index is -3.65. The van der Waals surface area contributed by atoms with Gasteiger partial charge in [-0.15, -0.1) is 0 Å². The molecule has 1 aromatic rings. The van der Waals surface area contributed by atoms with Crippen molar-refractivity contribution in [1.29, 1.82) is 0 Å². The number of rotatable bonds is 6. The highest BCUT2D eigenvalue weighted by molar-refractivity contribution is 7.86. The molecule has 120 valence electrons. The molecule has 2 rings (SSSR count). The molecule has 0 bridgehead atoms. The Morgan fingerprint density at radius 2 is 2.05 bits per heavy atom. The molecule has 0 N–H and O–H groups in total. The maximum atomic E-state index is 11.5. The first-order valence-corrected chi connectivity index (χ1v) is 8.89. The minimum Gasteiger partial charge on any atom is -0.371 e. The van der Waals surface area contributed by atoms with Gasteiger partial charge in [0.25, 0.3) is 10.1 Å². The Labute approximate surface area is 130 Å². The summed E-state index contributed by atoms with van der Waals surface area (Å²) >= 11 is 0. The minimum absolute atomic E-state index is 0.359. The molecule has 0 aromatic heterocycles. The van der Waals surface area contributed by atoms with Gasteiger partial charge in [0.2, 0.25) is 0 Å².